The van der Waals surface area contributed by atoms with Gasteiger partial charge in [0.1, 0.15) is 30.7 Å². The average Bonchev–Trinajstić information content (AvgIpc) is 3.63. The molecule has 0 aliphatic carbocycles. The highest BCUT2D eigenvalue weighted by Crippen LogP contribution is 2.60. The molecule has 21 heteroatoms. The van der Waals surface area contributed by atoms with Gasteiger partial charge in [0.25, 0.3) is 0 Å². The largest absolute Gasteiger partial charge is 0.481 e. The summed E-state index contributed by atoms with van der Waals surface area (Å²) in [6.07, 6.45) is 33.9. The minimum Gasteiger partial charge on any atom is -0.462 e. The van der Waals surface area contributed by atoms with Crippen LogP contribution in [0.1, 0.15) is 194 Å². The number of anilines is 1. The number of phosphoric ester groups is 2. The number of nitrogens with two attached hydrogens (primary N) is 1. The van der Waals surface area contributed by atoms with Gasteiger partial charge in [-0.15, -0.1) is 0 Å². The van der Waals surface area contributed by atoms with Crippen molar-refractivity contribution in [2.45, 2.75) is 224 Å². The first-order valence-electron chi connectivity index (χ1n) is 27.1. The normalized spacial score (nSPS) is 20.1. The molecule has 424 valence electrons. The third-order valence-electron chi connectivity index (χ3n) is 12.5. The summed E-state index contributed by atoms with van der Waals surface area (Å²) in [6.45, 7) is 4.27. The van der Waals surface area contributed by atoms with E-state index in [9.17, 15) is 48.6 Å². The van der Waals surface area contributed by atoms with E-state index >= 15 is 0 Å². The Morgan fingerprint density at radius 2 is 1.28 bits per heavy atom. The molecule has 2 heterocycles. The first kappa shape index (κ1) is 66.8. The number of phosphoric acid groups is 2. The van der Waals surface area contributed by atoms with E-state index in [0.29, 0.717) is 25.7 Å². The van der Waals surface area contributed by atoms with Crippen LogP contribution < -0.4 is 11.4 Å². The molecule has 1 fully saturated rings. The van der Waals surface area contributed by atoms with Crippen LogP contribution in [0.4, 0.5) is 5.82 Å². The molecule has 4 unspecified atom stereocenters. The van der Waals surface area contributed by atoms with Gasteiger partial charge in [0.2, 0.25) is 0 Å². The molecule has 0 bridgehead atoms. The van der Waals surface area contributed by atoms with Crippen LogP contribution in [0.2, 0.25) is 0 Å². The van der Waals surface area contributed by atoms with Crippen molar-refractivity contribution in [1.29, 1.82) is 0 Å². The molecule has 0 amide bonds. The lowest BCUT2D eigenvalue weighted by molar-refractivity contribution is -0.161. The van der Waals surface area contributed by atoms with Gasteiger partial charge < -0.3 is 45.1 Å². The summed E-state index contributed by atoms with van der Waals surface area (Å²) in [5.74, 6) is -0.544. The monoisotopic (exact) mass is 1090 g/mol. The fourth-order valence-electron chi connectivity index (χ4n) is 7.94. The van der Waals surface area contributed by atoms with Gasteiger partial charge in [-0.3, -0.25) is 23.2 Å². The topological polar surface area (TPSA) is 286 Å². The highest BCUT2D eigenvalue weighted by atomic mass is 31.3. The molecule has 0 saturated carbocycles. The van der Waals surface area contributed by atoms with Gasteiger partial charge in [-0.1, -0.05) is 172 Å². The number of carbonyl (C=O) groups is 2. The number of hydrogen-bond donors (Lipinski definition) is 6. The molecular weight excluding hydrogens is 997 g/mol. The van der Waals surface area contributed by atoms with E-state index in [1.54, 1.807) is 0 Å². The second kappa shape index (κ2) is 40.0. The van der Waals surface area contributed by atoms with E-state index in [-0.39, 0.29) is 24.8 Å². The van der Waals surface area contributed by atoms with Crippen LogP contribution in [0.3, 0.4) is 0 Å². The maximum absolute atomic E-state index is 12.9. The molecule has 74 heavy (non-hydrogen) atoms. The number of aromatic nitrogens is 2. The van der Waals surface area contributed by atoms with Crippen LogP contribution >= 0.6 is 15.6 Å². The van der Waals surface area contributed by atoms with Gasteiger partial charge in [-0.2, -0.15) is 9.29 Å². The minimum atomic E-state index is -5.44. The first-order valence-corrected chi connectivity index (χ1v) is 30.1. The van der Waals surface area contributed by atoms with Crippen LogP contribution in [0.5, 0.6) is 0 Å². The van der Waals surface area contributed by atoms with Crippen LogP contribution in [-0.4, -0.2) is 96.9 Å². The standard InChI is InChI=1S/C53H91N3O16P2/c1-4-33-44(57)35-30-26-22-18-14-10-8-12-15-19-23-27-31-36-48(58)67-40-45(70-49(59)37-32-28-24-20-16-11-7-6-9-13-17-21-25-29-34-43(3)5-2)41-68-73(63,64)72-74(65,66)69-42-46-50(60)51(61)52(71-46)56-39-38-47(54)55-53(56)62/h8,12,14,18-19,23,26,30,38-39,43-46,50-52,57,60-61H,4-7,9-11,13,15-17,20-22,24-25,27-29,31-37,40-42H2,1-3H3,(H,63,64)(H,65,66)(H2,54,55,62)/b12-8-,18-14-,23-19-,30-26-/t43?,44?,45-,46-,50-,51-,52-/m1/s1. The average molecular weight is 1090 g/mol. The highest BCUT2D eigenvalue weighted by molar-refractivity contribution is 7.61. The second-order valence-corrected chi connectivity index (χ2v) is 22.2. The second-order valence-electron chi connectivity index (χ2n) is 19.2. The Morgan fingerprint density at radius 3 is 1.86 bits per heavy atom. The summed E-state index contributed by atoms with van der Waals surface area (Å²) in [5.41, 5.74) is 4.59. The number of aliphatic hydroxyl groups is 3. The number of carbonyl (C=O) groups excluding carboxylic acids is 2. The van der Waals surface area contributed by atoms with Crippen molar-refractivity contribution in [3.05, 3.63) is 71.4 Å². The number of nitrogen functional groups attached to an aromatic ring is 1. The molecule has 19 nitrogen and oxygen atoms in total. The molecule has 1 aromatic heterocycles. The zero-order valence-electron chi connectivity index (χ0n) is 44.4. The molecule has 1 aliphatic heterocycles. The van der Waals surface area contributed by atoms with Gasteiger partial charge >= 0.3 is 33.3 Å². The number of ether oxygens (including phenoxy) is 3. The van der Waals surface area contributed by atoms with Crippen LogP contribution in [0.25, 0.3) is 0 Å². The van der Waals surface area contributed by atoms with E-state index in [4.69, 9.17) is 29.0 Å². The quantitative estimate of drug-likeness (QED) is 0.0153. The molecule has 1 aliphatic rings. The number of nitrogens with zero attached hydrogens (tertiary/aromatic N) is 2. The molecule has 0 aromatic carbocycles. The number of esters is 2. The van der Waals surface area contributed by atoms with E-state index in [0.717, 1.165) is 74.5 Å². The van der Waals surface area contributed by atoms with Crippen LogP contribution in [-0.2, 0) is 46.3 Å². The lowest BCUT2D eigenvalue weighted by atomic mass is 9.99. The Hall–Kier alpha value is -3.32. The zero-order valence-corrected chi connectivity index (χ0v) is 46.2. The van der Waals surface area contributed by atoms with Gasteiger partial charge in [-0.25, -0.2) is 13.9 Å². The lowest BCUT2D eigenvalue weighted by Gasteiger charge is -2.21. The van der Waals surface area contributed by atoms with E-state index < -0.39 is 83.7 Å². The molecular formula is C53H91N3O16P2. The minimum absolute atomic E-state index is 0.0324. The van der Waals surface area contributed by atoms with Crippen molar-refractivity contribution < 1.29 is 71.4 Å². The molecule has 1 aromatic rings. The van der Waals surface area contributed by atoms with Crippen molar-refractivity contribution in [3.63, 3.8) is 0 Å². The van der Waals surface area contributed by atoms with E-state index in [2.05, 4.69) is 54.4 Å². The molecule has 7 N–H and O–H groups in total. The number of aliphatic hydroxyl groups excluding tert-OH is 3. The molecule has 9 atom stereocenters. The van der Waals surface area contributed by atoms with Crippen molar-refractivity contribution in [1.82, 2.24) is 9.55 Å². The molecule has 0 spiro atoms. The molecule has 2 rings (SSSR count). The summed E-state index contributed by atoms with van der Waals surface area (Å²) in [7, 11) is -10.9. The SMILES string of the molecule is CCCC(O)C/C=C\C/C=C\C/C=C\C/C=C\CCCC(=O)OC[C@H](COP(=O)(O)OP(=O)(O)OC[C@H]1O[C@@H](n2ccc(N)nc2=O)[C@H](O)[C@@H]1O)OC(=O)CCCCCCCCCCCCCCCCC(C)CC. The maximum Gasteiger partial charge on any atom is 0.481 e. The van der Waals surface area contributed by atoms with Crippen molar-refractivity contribution in [3.8, 4) is 0 Å². The highest BCUT2D eigenvalue weighted by Gasteiger charge is 2.46. The van der Waals surface area contributed by atoms with E-state index in [1.165, 1.54) is 76.7 Å². The van der Waals surface area contributed by atoms with Gasteiger partial charge in [-0.05, 0) is 63.4 Å². The Morgan fingerprint density at radius 1 is 0.743 bits per heavy atom. The number of unbranched alkanes of at least 4 members (excludes halogenated alkanes) is 14. The summed E-state index contributed by atoms with van der Waals surface area (Å²) in [4.78, 5) is 62.0. The lowest BCUT2D eigenvalue weighted by Crippen LogP contribution is -2.36. The Labute approximate surface area is 440 Å². The van der Waals surface area contributed by atoms with Crippen LogP contribution in [0.15, 0.2) is 65.7 Å². The summed E-state index contributed by atoms with van der Waals surface area (Å²) < 4.78 is 56.8. The summed E-state index contributed by atoms with van der Waals surface area (Å²) in [5, 5.41) is 30.7. The summed E-state index contributed by atoms with van der Waals surface area (Å²) in [6, 6.07) is 1.24. The van der Waals surface area contributed by atoms with Gasteiger partial charge in [0, 0.05) is 19.0 Å². The van der Waals surface area contributed by atoms with Crippen molar-refractivity contribution >= 4 is 33.4 Å². The van der Waals surface area contributed by atoms with Crippen molar-refractivity contribution in [2.75, 3.05) is 25.6 Å². The molecule has 0 radical (unpaired) electrons. The smallest absolute Gasteiger partial charge is 0.462 e. The predicted octanol–water partition coefficient (Wildman–Crippen LogP) is 10.6. The number of allylic oxidation sites excluding steroid dienone is 7. The fourth-order valence-corrected chi connectivity index (χ4v) is 10.1. The fraction of sp³-hybridized carbons (Fsp3) is 0.736. The zero-order chi connectivity index (χ0) is 54.5. The van der Waals surface area contributed by atoms with Crippen molar-refractivity contribution in [2.24, 2.45) is 5.92 Å². The Bertz CT molecular complexity index is 1960. The Balaban J connectivity index is 1.80. The van der Waals surface area contributed by atoms with Gasteiger partial charge in [0.15, 0.2) is 12.3 Å². The van der Waals surface area contributed by atoms with Gasteiger partial charge in [0.05, 0.1) is 19.3 Å². The predicted molar refractivity (Wildman–Crippen MR) is 285 cm³/mol. The Kier molecular flexibility index (Phi) is 36.1. The third-order valence-corrected chi connectivity index (χ3v) is 15.1. The number of hydrogen-bond acceptors (Lipinski definition) is 16. The third kappa shape index (κ3) is 32.3. The maximum atomic E-state index is 12.9. The van der Waals surface area contributed by atoms with E-state index in [1.807, 2.05) is 24.3 Å². The van der Waals surface area contributed by atoms with Crippen LogP contribution in [0, 0.1) is 5.92 Å². The summed E-state index contributed by atoms with van der Waals surface area (Å²) >= 11 is 0. The first-order chi connectivity index (χ1) is 35.5. The molecule has 1 saturated heterocycles. The number of rotatable bonds is 44.